The molecule has 0 atom stereocenters. The number of hydrogen-bond acceptors (Lipinski definition) is 3. The molecule has 4 nitrogen and oxygen atoms in total. The molecule has 0 bridgehead atoms. The lowest BCUT2D eigenvalue weighted by Gasteiger charge is -2.09. The van der Waals surface area contributed by atoms with Crippen LogP contribution in [-0.2, 0) is 6.42 Å². The van der Waals surface area contributed by atoms with Crippen LogP contribution in [0.1, 0.15) is 12.6 Å². The Bertz CT molecular complexity index is 546. The monoisotopic (exact) mass is 215 g/mol. The SMILES string of the molecule is CCc1[nH]c(=O)nc(N)c1-c1ccccc1. The summed E-state index contributed by atoms with van der Waals surface area (Å²) in [5.41, 5.74) is 8.02. The number of aryl methyl sites for hydroxylation is 1. The van der Waals surface area contributed by atoms with Gasteiger partial charge in [0, 0.05) is 11.3 Å². The first-order chi connectivity index (χ1) is 7.72. The van der Waals surface area contributed by atoms with Crippen molar-refractivity contribution >= 4 is 5.82 Å². The summed E-state index contributed by atoms with van der Waals surface area (Å²) in [7, 11) is 0. The van der Waals surface area contributed by atoms with E-state index in [9.17, 15) is 4.79 Å². The molecule has 0 unspecified atom stereocenters. The molecule has 0 spiro atoms. The molecule has 1 aromatic carbocycles. The average molecular weight is 215 g/mol. The zero-order valence-corrected chi connectivity index (χ0v) is 9.03. The molecule has 0 saturated carbocycles. The molecule has 2 rings (SSSR count). The van der Waals surface area contributed by atoms with E-state index in [1.807, 2.05) is 37.3 Å². The van der Waals surface area contributed by atoms with Crippen LogP contribution in [0.25, 0.3) is 11.1 Å². The Hall–Kier alpha value is -2.10. The Labute approximate surface area is 93.2 Å². The molecule has 0 radical (unpaired) electrons. The lowest BCUT2D eigenvalue weighted by Crippen LogP contribution is -2.16. The molecular weight excluding hydrogens is 202 g/mol. The second-order valence-corrected chi connectivity index (χ2v) is 3.50. The van der Waals surface area contributed by atoms with E-state index in [4.69, 9.17) is 5.73 Å². The van der Waals surface area contributed by atoms with Gasteiger partial charge in [-0.25, -0.2) is 4.79 Å². The Kier molecular flexibility index (Phi) is 2.72. The van der Waals surface area contributed by atoms with Crippen molar-refractivity contribution in [1.82, 2.24) is 9.97 Å². The molecule has 0 fully saturated rings. The number of nitrogens with zero attached hydrogens (tertiary/aromatic N) is 1. The summed E-state index contributed by atoms with van der Waals surface area (Å²) in [6.07, 6.45) is 0.714. The molecule has 0 saturated heterocycles. The van der Waals surface area contributed by atoms with E-state index in [0.29, 0.717) is 6.42 Å². The van der Waals surface area contributed by atoms with Crippen LogP contribution >= 0.6 is 0 Å². The van der Waals surface area contributed by atoms with Crippen molar-refractivity contribution in [3.05, 3.63) is 46.5 Å². The molecule has 0 aliphatic rings. The Morgan fingerprint density at radius 3 is 2.62 bits per heavy atom. The van der Waals surface area contributed by atoms with Crippen LogP contribution in [0.4, 0.5) is 5.82 Å². The number of nitrogens with two attached hydrogens (primary N) is 1. The van der Waals surface area contributed by atoms with Crippen LogP contribution in [0, 0.1) is 0 Å². The molecule has 0 aliphatic heterocycles. The van der Waals surface area contributed by atoms with Gasteiger partial charge in [0.1, 0.15) is 5.82 Å². The predicted octanol–water partition coefficient (Wildman–Crippen LogP) is 1.58. The van der Waals surface area contributed by atoms with Gasteiger partial charge < -0.3 is 10.7 Å². The molecule has 0 aliphatic carbocycles. The quantitative estimate of drug-likeness (QED) is 0.798. The van der Waals surface area contributed by atoms with Gasteiger partial charge in [-0.2, -0.15) is 4.98 Å². The molecule has 16 heavy (non-hydrogen) atoms. The zero-order chi connectivity index (χ0) is 11.5. The van der Waals surface area contributed by atoms with Crippen molar-refractivity contribution in [3.63, 3.8) is 0 Å². The predicted molar refractivity (Wildman–Crippen MR) is 64.1 cm³/mol. The van der Waals surface area contributed by atoms with Gasteiger partial charge in [0.15, 0.2) is 0 Å². The standard InChI is InChI=1S/C12H13N3O/c1-2-9-10(8-6-4-3-5-7-8)11(13)15-12(16)14-9/h3-7H,2H2,1H3,(H3,13,14,15,16). The summed E-state index contributed by atoms with van der Waals surface area (Å²) >= 11 is 0. The third kappa shape index (κ3) is 1.82. The first-order valence-corrected chi connectivity index (χ1v) is 5.16. The molecule has 3 N–H and O–H groups in total. The Balaban J connectivity index is 2.69. The number of aromatic amines is 1. The maximum Gasteiger partial charge on any atom is 0.347 e. The van der Waals surface area contributed by atoms with Gasteiger partial charge in [0.2, 0.25) is 0 Å². The highest BCUT2D eigenvalue weighted by atomic mass is 16.1. The highest BCUT2D eigenvalue weighted by Crippen LogP contribution is 2.25. The van der Waals surface area contributed by atoms with Crippen molar-refractivity contribution < 1.29 is 0 Å². The zero-order valence-electron chi connectivity index (χ0n) is 9.03. The summed E-state index contributed by atoms with van der Waals surface area (Å²) in [6, 6.07) is 9.69. The van der Waals surface area contributed by atoms with E-state index < -0.39 is 5.69 Å². The van der Waals surface area contributed by atoms with Crippen molar-refractivity contribution in [3.8, 4) is 11.1 Å². The summed E-state index contributed by atoms with van der Waals surface area (Å²) in [5.74, 6) is 0.284. The minimum absolute atomic E-state index is 0.284. The van der Waals surface area contributed by atoms with E-state index in [1.165, 1.54) is 0 Å². The fraction of sp³-hybridized carbons (Fsp3) is 0.167. The van der Waals surface area contributed by atoms with Gasteiger partial charge >= 0.3 is 5.69 Å². The summed E-state index contributed by atoms with van der Waals surface area (Å²) in [5, 5.41) is 0. The van der Waals surface area contributed by atoms with Crippen LogP contribution in [0.3, 0.4) is 0 Å². The second-order valence-electron chi connectivity index (χ2n) is 3.50. The molecule has 0 amide bonds. The maximum atomic E-state index is 11.2. The molecule has 4 heteroatoms. The smallest absolute Gasteiger partial charge is 0.347 e. The Morgan fingerprint density at radius 2 is 2.00 bits per heavy atom. The van der Waals surface area contributed by atoms with Crippen molar-refractivity contribution in [2.75, 3.05) is 5.73 Å². The lowest BCUT2D eigenvalue weighted by molar-refractivity contribution is 0.966. The molecule has 2 aromatic rings. The normalized spacial score (nSPS) is 10.3. The van der Waals surface area contributed by atoms with Crippen LogP contribution < -0.4 is 11.4 Å². The van der Waals surface area contributed by atoms with Crippen LogP contribution in [0.5, 0.6) is 0 Å². The van der Waals surface area contributed by atoms with E-state index in [0.717, 1.165) is 16.8 Å². The summed E-state index contributed by atoms with van der Waals surface area (Å²) in [6.45, 7) is 1.97. The molecule has 82 valence electrons. The largest absolute Gasteiger partial charge is 0.383 e. The Morgan fingerprint density at radius 1 is 1.31 bits per heavy atom. The van der Waals surface area contributed by atoms with Gasteiger partial charge in [-0.1, -0.05) is 37.3 Å². The number of rotatable bonds is 2. The van der Waals surface area contributed by atoms with Crippen molar-refractivity contribution in [2.45, 2.75) is 13.3 Å². The number of hydrogen-bond donors (Lipinski definition) is 2. The minimum Gasteiger partial charge on any atom is -0.383 e. The number of H-pyrrole nitrogens is 1. The van der Waals surface area contributed by atoms with Crippen molar-refractivity contribution in [2.24, 2.45) is 0 Å². The maximum absolute atomic E-state index is 11.2. The van der Waals surface area contributed by atoms with Gasteiger partial charge in [-0.3, -0.25) is 0 Å². The van der Waals surface area contributed by atoms with Gasteiger partial charge in [-0.05, 0) is 12.0 Å². The first kappa shape index (κ1) is 10.4. The highest BCUT2D eigenvalue weighted by molar-refractivity contribution is 5.75. The van der Waals surface area contributed by atoms with Gasteiger partial charge in [0.05, 0.1) is 0 Å². The number of benzene rings is 1. The fourth-order valence-corrected chi connectivity index (χ4v) is 1.73. The van der Waals surface area contributed by atoms with Gasteiger partial charge in [-0.15, -0.1) is 0 Å². The second kappa shape index (κ2) is 4.18. The number of nitrogens with one attached hydrogen (secondary N) is 1. The number of anilines is 1. The average Bonchev–Trinajstić information content (AvgIpc) is 2.29. The van der Waals surface area contributed by atoms with Crippen LogP contribution in [0.15, 0.2) is 35.1 Å². The topological polar surface area (TPSA) is 71.8 Å². The van der Waals surface area contributed by atoms with E-state index in [1.54, 1.807) is 0 Å². The summed E-state index contributed by atoms with van der Waals surface area (Å²) in [4.78, 5) is 17.7. The van der Waals surface area contributed by atoms with E-state index >= 15 is 0 Å². The highest BCUT2D eigenvalue weighted by Gasteiger charge is 2.10. The van der Waals surface area contributed by atoms with Crippen LogP contribution in [-0.4, -0.2) is 9.97 Å². The van der Waals surface area contributed by atoms with Crippen molar-refractivity contribution in [1.29, 1.82) is 0 Å². The lowest BCUT2D eigenvalue weighted by atomic mass is 10.0. The van der Waals surface area contributed by atoms with E-state index in [-0.39, 0.29) is 5.82 Å². The molecule has 1 aromatic heterocycles. The first-order valence-electron chi connectivity index (χ1n) is 5.16. The minimum atomic E-state index is -0.394. The molecular formula is C12H13N3O. The third-order valence-electron chi connectivity index (χ3n) is 2.45. The molecule has 1 heterocycles. The van der Waals surface area contributed by atoms with Crippen LogP contribution in [0.2, 0.25) is 0 Å². The van der Waals surface area contributed by atoms with E-state index in [2.05, 4.69) is 9.97 Å². The number of nitrogen functional groups attached to an aromatic ring is 1. The van der Waals surface area contributed by atoms with Gasteiger partial charge in [0.25, 0.3) is 0 Å². The fourth-order valence-electron chi connectivity index (χ4n) is 1.73. The summed E-state index contributed by atoms with van der Waals surface area (Å²) < 4.78 is 0. The number of aromatic nitrogens is 2. The third-order valence-corrected chi connectivity index (χ3v) is 2.45.